The highest BCUT2D eigenvalue weighted by Crippen LogP contribution is 2.17. The molecule has 1 aromatic carbocycles. The molecule has 0 aliphatic rings. The summed E-state index contributed by atoms with van der Waals surface area (Å²) < 4.78 is 27.5. The van der Waals surface area contributed by atoms with Crippen molar-refractivity contribution in [1.82, 2.24) is 0 Å². The van der Waals surface area contributed by atoms with Crippen molar-refractivity contribution in [2.45, 2.75) is 31.9 Å². The van der Waals surface area contributed by atoms with Crippen LogP contribution in [-0.2, 0) is 21.2 Å². The van der Waals surface area contributed by atoms with E-state index >= 15 is 0 Å². The summed E-state index contributed by atoms with van der Waals surface area (Å²) in [6.45, 7) is 3.25. The van der Waals surface area contributed by atoms with Crippen LogP contribution in [-0.4, -0.2) is 26.6 Å². The number of carbonyl (C=O) groups excluding carboxylic acids is 1. The fourth-order valence-electron chi connectivity index (χ4n) is 1.89. The molecule has 1 rings (SSSR count). The van der Waals surface area contributed by atoms with Gasteiger partial charge in [0.2, 0.25) is 10.0 Å². The van der Waals surface area contributed by atoms with Gasteiger partial charge in [0, 0.05) is 12.8 Å². The Morgan fingerprint density at radius 3 is 2.25 bits per heavy atom. The number of primary sulfonamides is 1. The van der Waals surface area contributed by atoms with Crippen molar-refractivity contribution in [3.63, 3.8) is 0 Å². The quantitative estimate of drug-likeness (QED) is 0.827. The number of carbonyl (C=O) groups is 1. The summed E-state index contributed by atoms with van der Waals surface area (Å²) >= 11 is 0. The zero-order chi connectivity index (χ0) is 15.3. The van der Waals surface area contributed by atoms with Crippen molar-refractivity contribution < 1.29 is 17.9 Å². The van der Waals surface area contributed by atoms with Gasteiger partial charge in [-0.05, 0) is 30.5 Å². The first kappa shape index (κ1) is 16.7. The van der Waals surface area contributed by atoms with Gasteiger partial charge in [-0.25, -0.2) is 13.6 Å². The molecule has 0 saturated carbocycles. The van der Waals surface area contributed by atoms with Gasteiger partial charge in [0.1, 0.15) is 11.5 Å². The van der Waals surface area contributed by atoms with E-state index in [1.807, 2.05) is 12.1 Å². The van der Waals surface area contributed by atoms with E-state index in [0.29, 0.717) is 0 Å². The number of sulfonamides is 1. The molecule has 0 aliphatic heterocycles. The Bertz CT molecular complexity index is 551. The Balaban J connectivity index is 2.59. The van der Waals surface area contributed by atoms with Crippen LogP contribution < -0.4 is 9.88 Å². The number of hydrogen-bond acceptors (Lipinski definition) is 4. The lowest BCUT2D eigenvalue weighted by molar-refractivity contribution is -0.119. The Kier molecular flexibility index (Phi) is 5.71. The molecule has 0 amide bonds. The molecule has 0 radical (unpaired) electrons. The van der Waals surface area contributed by atoms with Crippen molar-refractivity contribution in [3.8, 4) is 5.75 Å². The molecule has 5 nitrogen and oxygen atoms in total. The lowest BCUT2D eigenvalue weighted by Crippen LogP contribution is -2.32. The standard InChI is InChI=1S/C14H21NO4S/c1-10(11(2)20(15,17)18)8-13(16)9-12-4-6-14(19-3)7-5-12/h4-7,10-11H,8-9H2,1-3H3,(H2,15,17,18). The molecular formula is C14H21NO4S. The van der Waals surface area contributed by atoms with E-state index in [9.17, 15) is 13.2 Å². The maximum absolute atomic E-state index is 11.9. The van der Waals surface area contributed by atoms with Gasteiger partial charge < -0.3 is 4.74 Å². The number of ether oxygens (including phenoxy) is 1. The van der Waals surface area contributed by atoms with Gasteiger partial charge in [-0.3, -0.25) is 4.79 Å². The molecule has 0 spiro atoms. The molecule has 2 atom stereocenters. The van der Waals surface area contributed by atoms with Crippen molar-refractivity contribution in [2.75, 3.05) is 7.11 Å². The maximum Gasteiger partial charge on any atom is 0.211 e. The molecule has 0 aromatic heterocycles. The number of ketones is 1. The van der Waals surface area contributed by atoms with Crippen molar-refractivity contribution >= 4 is 15.8 Å². The number of Topliss-reactive ketones (excluding diaryl/α,β-unsaturated/α-hetero) is 1. The number of methoxy groups -OCH3 is 1. The highest BCUT2D eigenvalue weighted by Gasteiger charge is 2.24. The summed E-state index contributed by atoms with van der Waals surface area (Å²) in [6, 6.07) is 7.23. The Hall–Kier alpha value is -1.40. The van der Waals surface area contributed by atoms with E-state index in [4.69, 9.17) is 9.88 Å². The number of rotatable bonds is 7. The second-order valence-electron chi connectivity index (χ2n) is 5.04. The van der Waals surface area contributed by atoms with Crippen LogP contribution in [0.15, 0.2) is 24.3 Å². The topological polar surface area (TPSA) is 86.5 Å². The van der Waals surface area contributed by atoms with E-state index in [0.717, 1.165) is 11.3 Å². The molecule has 2 N–H and O–H groups in total. The monoisotopic (exact) mass is 299 g/mol. The van der Waals surface area contributed by atoms with Crippen LogP contribution in [0.2, 0.25) is 0 Å². The average Bonchev–Trinajstić information content (AvgIpc) is 2.37. The van der Waals surface area contributed by atoms with Crippen LogP contribution >= 0.6 is 0 Å². The maximum atomic E-state index is 11.9. The molecule has 0 heterocycles. The number of benzene rings is 1. The smallest absolute Gasteiger partial charge is 0.211 e. The second-order valence-corrected chi connectivity index (χ2v) is 6.96. The van der Waals surface area contributed by atoms with Gasteiger partial charge in [-0.1, -0.05) is 19.1 Å². The summed E-state index contributed by atoms with van der Waals surface area (Å²) in [5, 5.41) is 4.37. The van der Waals surface area contributed by atoms with Crippen molar-refractivity contribution in [1.29, 1.82) is 0 Å². The number of nitrogens with two attached hydrogens (primary N) is 1. The summed E-state index contributed by atoms with van der Waals surface area (Å²) in [4.78, 5) is 11.9. The van der Waals surface area contributed by atoms with Crippen LogP contribution in [0.1, 0.15) is 25.8 Å². The predicted octanol–water partition coefficient (Wildman–Crippen LogP) is 1.51. The second kappa shape index (κ2) is 6.85. The lowest BCUT2D eigenvalue weighted by Gasteiger charge is -2.17. The van der Waals surface area contributed by atoms with Gasteiger partial charge in [0.25, 0.3) is 0 Å². The van der Waals surface area contributed by atoms with Crippen LogP contribution in [0.3, 0.4) is 0 Å². The van der Waals surface area contributed by atoms with Gasteiger partial charge in [-0.2, -0.15) is 0 Å². The minimum Gasteiger partial charge on any atom is -0.497 e. The van der Waals surface area contributed by atoms with Gasteiger partial charge in [0.15, 0.2) is 0 Å². The average molecular weight is 299 g/mol. The van der Waals surface area contributed by atoms with Crippen molar-refractivity contribution in [2.24, 2.45) is 11.1 Å². The highest BCUT2D eigenvalue weighted by molar-refractivity contribution is 7.89. The Morgan fingerprint density at radius 1 is 1.25 bits per heavy atom. The summed E-state index contributed by atoms with van der Waals surface area (Å²) in [5.74, 6) is 0.436. The van der Waals surface area contributed by atoms with Crippen molar-refractivity contribution in [3.05, 3.63) is 29.8 Å². The molecule has 112 valence electrons. The third kappa shape index (κ3) is 4.94. The molecular weight excluding hydrogens is 278 g/mol. The molecule has 0 bridgehead atoms. The van der Waals surface area contributed by atoms with Crippen LogP contribution in [0.4, 0.5) is 0 Å². The first-order valence-electron chi connectivity index (χ1n) is 6.40. The summed E-state index contributed by atoms with van der Waals surface area (Å²) in [6.07, 6.45) is 0.481. The van der Waals surface area contributed by atoms with Gasteiger partial charge >= 0.3 is 0 Å². The Morgan fingerprint density at radius 2 is 1.80 bits per heavy atom. The third-order valence-corrected chi connectivity index (χ3v) is 4.93. The van der Waals surface area contributed by atoms with Crippen LogP contribution in [0.25, 0.3) is 0 Å². The molecule has 1 aromatic rings. The lowest BCUT2D eigenvalue weighted by atomic mass is 9.97. The van der Waals surface area contributed by atoms with Gasteiger partial charge in [0.05, 0.1) is 12.4 Å². The first-order valence-corrected chi connectivity index (χ1v) is 8.01. The molecule has 0 aliphatic carbocycles. The molecule has 0 saturated heterocycles. The van der Waals surface area contributed by atoms with E-state index in [2.05, 4.69) is 0 Å². The third-order valence-electron chi connectivity index (χ3n) is 3.43. The highest BCUT2D eigenvalue weighted by atomic mass is 32.2. The molecule has 6 heteroatoms. The first-order chi connectivity index (χ1) is 9.24. The SMILES string of the molecule is COc1ccc(CC(=O)CC(C)C(C)S(N)(=O)=O)cc1. The minimum atomic E-state index is -3.60. The fourth-order valence-corrected chi connectivity index (χ4v) is 2.64. The summed E-state index contributed by atoms with van der Waals surface area (Å²) in [5.41, 5.74) is 0.881. The molecule has 0 fully saturated rings. The minimum absolute atomic E-state index is 0.00170. The van der Waals surface area contributed by atoms with Gasteiger partial charge in [-0.15, -0.1) is 0 Å². The van der Waals surface area contributed by atoms with E-state index < -0.39 is 15.3 Å². The molecule has 20 heavy (non-hydrogen) atoms. The zero-order valence-corrected chi connectivity index (χ0v) is 12.8. The molecule has 2 unspecified atom stereocenters. The van der Waals surface area contributed by atoms with Crippen LogP contribution in [0, 0.1) is 5.92 Å². The van der Waals surface area contributed by atoms with E-state index in [1.54, 1.807) is 26.2 Å². The van der Waals surface area contributed by atoms with Crippen LogP contribution in [0.5, 0.6) is 5.75 Å². The summed E-state index contributed by atoms with van der Waals surface area (Å²) in [7, 11) is -2.02. The zero-order valence-electron chi connectivity index (χ0n) is 12.0. The number of hydrogen-bond donors (Lipinski definition) is 1. The Labute approximate surface area is 120 Å². The predicted molar refractivity (Wildman–Crippen MR) is 78.1 cm³/mol. The van der Waals surface area contributed by atoms with E-state index in [1.165, 1.54) is 6.92 Å². The fraction of sp³-hybridized carbons (Fsp3) is 0.500. The normalized spacial score (nSPS) is 14.6. The largest absolute Gasteiger partial charge is 0.497 e. The van der Waals surface area contributed by atoms with E-state index in [-0.39, 0.29) is 24.5 Å².